The number of hydrogen-bond acceptors (Lipinski definition) is 3. The second-order valence-corrected chi connectivity index (χ2v) is 7.85. The monoisotopic (exact) mass is 445 g/mol. The van der Waals surface area contributed by atoms with Crippen LogP contribution in [0.4, 0.5) is 5.69 Å². The summed E-state index contributed by atoms with van der Waals surface area (Å²) in [7, 11) is 0. The van der Waals surface area contributed by atoms with Crippen LogP contribution < -0.4 is 14.8 Å². The van der Waals surface area contributed by atoms with Gasteiger partial charge in [0.15, 0.2) is 0 Å². The number of fused-ring (bicyclic) bond motifs is 1. The molecule has 32 heavy (non-hydrogen) atoms. The zero-order chi connectivity index (χ0) is 22.5. The Bertz CT molecular complexity index is 1260. The second-order valence-electron chi connectivity index (χ2n) is 7.44. The quantitative estimate of drug-likeness (QED) is 0.332. The smallest absolute Gasteiger partial charge is 0.255 e. The number of carbonyl (C=O) groups is 1. The molecule has 0 spiro atoms. The third-order valence-electron chi connectivity index (χ3n) is 5.19. The Balaban J connectivity index is 1.57. The number of ether oxygens (including phenoxy) is 2. The summed E-state index contributed by atoms with van der Waals surface area (Å²) in [5.74, 6) is 1.26. The fourth-order valence-corrected chi connectivity index (χ4v) is 3.66. The number of halogens is 1. The molecule has 0 heterocycles. The van der Waals surface area contributed by atoms with E-state index in [2.05, 4.69) is 17.4 Å². The van der Waals surface area contributed by atoms with E-state index in [0.717, 1.165) is 27.6 Å². The number of carbonyl (C=O) groups excluding carboxylic acids is 1. The molecule has 0 aromatic heterocycles. The van der Waals surface area contributed by atoms with E-state index >= 15 is 0 Å². The predicted octanol–water partition coefficient (Wildman–Crippen LogP) is 7.03. The van der Waals surface area contributed by atoms with Gasteiger partial charge >= 0.3 is 0 Å². The first-order valence-electron chi connectivity index (χ1n) is 10.5. The molecule has 4 aromatic rings. The fourth-order valence-electron chi connectivity index (χ4n) is 3.48. The average Bonchev–Trinajstić information content (AvgIpc) is 2.81. The van der Waals surface area contributed by atoms with Crippen LogP contribution in [0.3, 0.4) is 0 Å². The van der Waals surface area contributed by atoms with Gasteiger partial charge in [-0.25, -0.2) is 0 Å². The molecule has 0 unspecified atom stereocenters. The summed E-state index contributed by atoms with van der Waals surface area (Å²) < 4.78 is 11.9. The molecule has 0 radical (unpaired) electrons. The van der Waals surface area contributed by atoms with Gasteiger partial charge in [0, 0.05) is 27.2 Å². The Hall–Kier alpha value is -3.50. The molecule has 0 bridgehead atoms. The van der Waals surface area contributed by atoms with Gasteiger partial charge in [-0.05, 0) is 61.2 Å². The number of anilines is 1. The van der Waals surface area contributed by atoms with Crippen molar-refractivity contribution in [3.05, 3.63) is 101 Å². The lowest BCUT2D eigenvalue weighted by molar-refractivity contribution is 0.102. The predicted molar refractivity (Wildman–Crippen MR) is 130 cm³/mol. The normalized spacial score (nSPS) is 10.7. The van der Waals surface area contributed by atoms with E-state index in [0.29, 0.717) is 28.6 Å². The van der Waals surface area contributed by atoms with Crippen LogP contribution in [-0.4, -0.2) is 12.5 Å². The lowest BCUT2D eigenvalue weighted by Crippen LogP contribution is -2.13. The molecule has 0 aliphatic rings. The minimum atomic E-state index is -0.223. The maximum absolute atomic E-state index is 12.8. The summed E-state index contributed by atoms with van der Waals surface area (Å²) >= 11 is 6.18. The van der Waals surface area contributed by atoms with Crippen LogP contribution in [0.25, 0.3) is 10.8 Å². The molecular formula is C27H24ClNO3. The Morgan fingerprint density at radius 3 is 2.53 bits per heavy atom. The van der Waals surface area contributed by atoms with Crippen molar-refractivity contribution in [1.29, 1.82) is 0 Å². The molecule has 4 aromatic carbocycles. The first kappa shape index (κ1) is 21.7. The third kappa shape index (κ3) is 4.87. The summed E-state index contributed by atoms with van der Waals surface area (Å²) in [6.45, 7) is 4.65. The van der Waals surface area contributed by atoms with E-state index in [1.165, 1.54) is 0 Å². The van der Waals surface area contributed by atoms with Crippen LogP contribution >= 0.6 is 11.6 Å². The second kappa shape index (κ2) is 9.75. The van der Waals surface area contributed by atoms with Crippen molar-refractivity contribution in [3.8, 4) is 11.5 Å². The van der Waals surface area contributed by atoms with Crippen LogP contribution in [0.5, 0.6) is 11.5 Å². The Kier molecular flexibility index (Phi) is 6.62. The van der Waals surface area contributed by atoms with Crippen molar-refractivity contribution >= 4 is 34.0 Å². The molecule has 162 valence electrons. The van der Waals surface area contributed by atoms with E-state index < -0.39 is 0 Å². The highest BCUT2D eigenvalue weighted by Gasteiger charge is 2.13. The highest BCUT2D eigenvalue weighted by Crippen LogP contribution is 2.28. The summed E-state index contributed by atoms with van der Waals surface area (Å²) in [5, 5.41) is 5.66. The number of rotatable bonds is 7. The van der Waals surface area contributed by atoms with E-state index in [1.807, 2.05) is 62.4 Å². The van der Waals surface area contributed by atoms with Crippen molar-refractivity contribution in [2.24, 2.45) is 0 Å². The lowest BCUT2D eigenvalue weighted by atomic mass is 10.1. The number of hydrogen-bond donors (Lipinski definition) is 1. The van der Waals surface area contributed by atoms with Gasteiger partial charge in [0.1, 0.15) is 18.1 Å². The number of aryl methyl sites for hydroxylation is 1. The van der Waals surface area contributed by atoms with Gasteiger partial charge in [0.2, 0.25) is 0 Å². The van der Waals surface area contributed by atoms with E-state index in [-0.39, 0.29) is 12.5 Å². The van der Waals surface area contributed by atoms with Crippen molar-refractivity contribution in [2.45, 2.75) is 20.5 Å². The molecule has 0 saturated carbocycles. The SMILES string of the molecule is CCOc1ccc(C(=O)Nc2ccc(C)c(Cl)c2)cc1COc1cccc2ccccc12. The standard InChI is InChI=1S/C27H24ClNO3/c1-3-31-25-14-12-20(27(30)29-22-13-11-18(2)24(28)16-22)15-21(25)17-32-26-10-6-8-19-7-4-5-9-23(19)26/h4-16H,3,17H2,1-2H3,(H,29,30). The molecule has 0 atom stereocenters. The first-order valence-corrected chi connectivity index (χ1v) is 10.9. The largest absolute Gasteiger partial charge is 0.493 e. The van der Waals surface area contributed by atoms with E-state index in [4.69, 9.17) is 21.1 Å². The molecule has 0 saturated heterocycles. The zero-order valence-corrected chi connectivity index (χ0v) is 18.8. The van der Waals surface area contributed by atoms with Gasteiger partial charge in [-0.15, -0.1) is 0 Å². The maximum Gasteiger partial charge on any atom is 0.255 e. The van der Waals surface area contributed by atoms with Gasteiger partial charge in [-0.3, -0.25) is 4.79 Å². The van der Waals surface area contributed by atoms with Crippen LogP contribution in [0.1, 0.15) is 28.4 Å². The van der Waals surface area contributed by atoms with Crippen molar-refractivity contribution in [1.82, 2.24) is 0 Å². The molecule has 0 aliphatic carbocycles. The summed E-state index contributed by atoms with van der Waals surface area (Å²) in [6, 6.07) is 24.9. The van der Waals surface area contributed by atoms with Crippen LogP contribution in [0.15, 0.2) is 78.9 Å². The first-order chi connectivity index (χ1) is 15.5. The molecule has 0 fully saturated rings. The minimum absolute atomic E-state index is 0.223. The third-order valence-corrected chi connectivity index (χ3v) is 5.59. The van der Waals surface area contributed by atoms with E-state index in [9.17, 15) is 4.79 Å². The van der Waals surface area contributed by atoms with Gasteiger partial charge < -0.3 is 14.8 Å². The minimum Gasteiger partial charge on any atom is -0.493 e. The Labute approximate surface area is 192 Å². The highest BCUT2D eigenvalue weighted by atomic mass is 35.5. The number of nitrogens with one attached hydrogen (secondary N) is 1. The maximum atomic E-state index is 12.8. The van der Waals surface area contributed by atoms with Gasteiger partial charge in [-0.2, -0.15) is 0 Å². The molecule has 4 nitrogen and oxygen atoms in total. The summed E-state index contributed by atoms with van der Waals surface area (Å²) in [5.41, 5.74) is 2.92. The number of benzene rings is 4. The van der Waals surface area contributed by atoms with Crippen LogP contribution in [0, 0.1) is 6.92 Å². The topological polar surface area (TPSA) is 47.6 Å². The summed E-state index contributed by atoms with van der Waals surface area (Å²) in [4.78, 5) is 12.8. The van der Waals surface area contributed by atoms with Gasteiger partial charge in [0.25, 0.3) is 5.91 Å². The lowest BCUT2D eigenvalue weighted by Gasteiger charge is -2.14. The van der Waals surface area contributed by atoms with Gasteiger partial charge in [0.05, 0.1) is 6.61 Å². The zero-order valence-electron chi connectivity index (χ0n) is 18.0. The number of amides is 1. The molecule has 0 aliphatic heterocycles. The van der Waals surface area contributed by atoms with Crippen LogP contribution in [-0.2, 0) is 6.61 Å². The summed E-state index contributed by atoms with van der Waals surface area (Å²) in [6.07, 6.45) is 0. The molecule has 1 N–H and O–H groups in total. The molecular weight excluding hydrogens is 422 g/mol. The molecule has 5 heteroatoms. The van der Waals surface area contributed by atoms with E-state index in [1.54, 1.807) is 18.2 Å². The van der Waals surface area contributed by atoms with Gasteiger partial charge in [-0.1, -0.05) is 54.1 Å². The van der Waals surface area contributed by atoms with Crippen LogP contribution in [0.2, 0.25) is 5.02 Å². The highest BCUT2D eigenvalue weighted by molar-refractivity contribution is 6.31. The van der Waals surface area contributed by atoms with Crippen molar-refractivity contribution in [2.75, 3.05) is 11.9 Å². The Morgan fingerprint density at radius 1 is 0.906 bits per heavy atom. The Morgan fingerprint density at radius 2 is 1.72 bits per heavy atom. The molecule has 1 amide bonds. The van der Waals surface area contributed by atoms with Crippen molar-refractivity contribution < 1.29 is 14.3 Å². The average molecular weight is 446 g/mol. The van der Waals surface area contributed by atoms with Crippen molar-refractivity contribution in [3.63, 3.8) is 0 Å². The fraction of sp³-hybridized carbons (Fsp3) is 0.148. The molecule has 4 rings (SSSR count).